The Morgan fingerprint density at radius 1 is 1.44 bits per heavy atom. The standard InChI is InChI=1S/C13H28N2O/c1-12(2,10-14)7-9-15-8-5-6-13(3,11-15)16-4/h5-11,14H2,1-4H3. The molecule has 1 atom stereocenters. The summed E-state index contributed by atoms with van der Waals surface area (Å²) in [4.78, 5) is 2.52. The van der Waals surface area contributed by atoms with E-state index in [1.54, 1.807) is 0 Å². The van der Waals surface area contributed by atoms with E-state index >= 15 is 0 Å². The van der Waals surface area contributed by atoms with Gasteiger partial charge in [-0.05, 0) is 51.2 Å². The molecule has 3 heteroatoms. The van der Waals surface area contributed by atoms with Gasteiger partial charge in [-0.1, -0.05) is 13.8 Å². The van der Waals surface area contributed by atoms with Crippen molar-refractivity contribution in [2.45, 2.75) is 45.6 Å². The summed E-state index contributed by atoms with van der Waals surface area (Å²) >= 11 is 0. The molecule has 2 N–H and O–H groups in total. The minimum absolute atomic E-state index is 0.0606. The quantitative estimate of drug-likeness (QED) is 0.780. The molecule has 1 heterocycles. The molecule has 1 rings (SSSR count). The van der Waals surface area contributed by atoms with Gasteiger partial charge in [0, 0.05) is 13.7 Å². The highest BCUT2D eigenvalue weighted by Gasteiger charge is 2.31. The Bertz CT molecular complexity index is 218. The summed E-state index contributed by atoms with van der Waals surface area (Å²) in [5.41, 5.74) is 6.08. The topological polar surface area (TPSA) is 38.5 Å². The molecule has 0 radical (unpaired) electrons. The van der Waals surface area contributed by atoms with Gasteiger partial charge in [-0.25, -0.2) is 0 Å². The zero-order valence-electron chi connectivity index (χ0n) is 11.4. The van der Waals surface area contributed by atoms with Crippen molar-refractivity contribution < 1.29 is 4.74 Å². The van der Waals surface area contributed by atoms with E-state index < -0.39 is 0 Å². The molecule has 1 fully saturated rings. The first-order valence-electron chi connectivity index (χ1n) is 6.38. The van der Waals surface area contributed by atoms with Gasteiger partial charge in [0.2, 0.25) is 0 Å². The smallest absolute Gasteiger partial charge is 0.0777 e. The van der Waals surface area contributed by atoms with Gasteiger partial charge in [0.05, 0.1) is 5.60 Å². The predicted molar refractivity (Wildman–Crippen MR) is 68.5 cm³/mol. The summed E-state index contributed by atoms with van der Waals surface area (Å²) in [5.74, 6) is 0. The summed E-state index contributed by atoms with van der Waals surface area (Å²) in [6.07, 6.45) is 3.59. The summed E-state index contributed by atoms with van der Waals surface area (Å²) < 4.78 is 5.60. The molecule has 0 spiro atoms. The molecule has 0 saturated carbocycles. The number of nitrogens with zero attached hydrogens (tertiary/aromatic N) is 1. The van der Waals surface area contributed by atoms with Crippen LogP contribution in [-0.4, -0.2) is 43.8 Å². The van der Waals surface area contributed by atoms with Gasteiger partial charge >= 0.3 is 0 Å². The fourth-order valence-electron chi connectivity index (χ4n) is 2.23. The number of nitrogens with two attached hydrogens (primary N) is 1. The van der Waals surface area contributed by atoms with Crippen LogP contribution >= 0.6 is 0 Å². The van der Waals surface area contributed by atoms with Crippen LogP contribution in [0.4, 0.5) is 0 Å². The third-order valence-electron chi connectivity index (χ3n) is 3.89. The number of likely N-dealkylation sites (tertiary alicyclic amines) is 1. The summed E-state index contributed by atoms with van der Waals surface area (Å²) in [5, 5.41) is 0. The average molecular weight is 228 g/mol. The Hall–Kier alpha value is -0.120. The third kappa shape index (κ3) is 4.04. The first-order valence-corrected chi connectivity index (χ1v) is 6.38. The van der Waals surface area contributed by atoms with Crippen LogP contribution in [0.25, 0.3) is 0 Å². The lowest BCUT2D eigenvalue weighted by Gasteiger charge is -2.40. The van der Waals surface area contributed by atoms with Crippen LogP contribution in [0.3, 0.4) is 0 Å². The van der Waals surface area contributed by atoms with Crippen molar-refractivity contribution in [3.8, 4) is 0 Å². The maximum atomic E-state index is 5.76. The average Bonchev–Trinajstić information content (AvgIpc) is 2.27. The molecular weight excluding hydrogens is 200 g/mol. The van der Waals surface area contributed by atoms with Crippen molar-refractivity contribution in [2.75, 3.05) is 33.3 Å². The predicted octanol–water partition coefficient (Wildman–Crippen LogP) is 1.86. The van der Waals surface area contributed by atoms with E-state index in [2.05, 4.69) is 25.7 Å². The molecular formula is C13H28N2O. The van der Waals surface area contributed by atoms with Gasteiger partial charge in [0.25, 0.3) is 0 Å². The highest BCUT2D eigenvalue weighted by atomic mass is 16.5. The van der Waals surface area contributed by atoms with Gasteiger partial charge in [-0.15, -0.1) is 0 Å². The van der Waals surface area contributed by atoms with Gasteiger partial charge in [0.1, 0.15) is 0 Å². The number of hydrogen-bond acceptors (Lipinski definition) is 3. The third-order valence-corrected chi connectivity index (χ3v) is 3.89. The molecule has 0 amide bonds. The Labute approximate surface area is 100 Å². The molecule has 1 saturated heterocycles. The summed E-state index contributed by atoms with van der Waals surface area (Å²) in [6, 6.07) is 0. The fraction of sp³-hybridized carbons (Fsp3) is 1.00. The lowest BCUT2D eigenvalue weighted by Crippen LogP contribution is -2.48. The first kappa shape index (κ1) is 13.9. The summed E-state index contributed by atoms with van der Waals surface area (Å²) in [6.45, 7) is 10.9. The van der Waals surface area contributed by atoms with Crippen molar-refractivity contribution in [2.24, 2.45) is 11.1 Å². The van der Waals surface area contributed by atoms with Crippen molar-refractivity contribution in [3.63, 3.8) is 0 Å². The van der Waals surface area contributed by atoms with E-state index in [4.69, 9.17) is 10.5 Å². The molecule has 0 aliphatic carbocycles. The first-order chi connectivity index (χ1) is 7.41. The van der Waals surface area contributed by atoms with E-state index in [0.717, 1.165) is 19.6 Å². The maximum absolute atomic E-state index is 5.76. The second kappa shape index (κ2) is 5.48. The second-order valence-electron chi connectivity index (χ2n) is 6.15. The normalized spacial score (nSPS) is 28.3. The Morgan fingerprint density at radius 3 is 2.69 bits per heavy atom. The van der Waals surface area contributed by atoms with Crippen LogP contribution in [0.5, 0.6) is 0 Å². The fourth-order valence-corrected chi connectivity index (χ4v) is 2.23. The van der Waals surface area contributed by atoms with Crippen LogP contribution in [0.2, 0.25) is 0 Å². The SMILES string of the molecule is COC1(C)CCCN(CCC(C)(C)CN)C1. The minimum Gasteiger partial charge on any atom is -0.377 e. The molecule has 96 valence electrons. The van der Waals surface area contributed by atoms with Gasteiger partial charge in [-0.2, -0.15) is 0 Å². The van der Waals surface area contributed by atoms with Crippen LogP contribution in [0.1, 0.15) is 40.0 Å². The molecule has 1 unspecified atom stereocenters. The highest BCUT2D eigenvalue weighted by Crippen LogP contribution is 2.26. The maximum Gasteiger partial charge on any atom is 0.0777 e. The molecule has 1 aliphatic heterocycles. The number of rotatable bonds is 5. The molecule has 3 nitrogen and oxygen atoms in total. The van der Waals surface area contributed by atoms with Crippen molar-refractivity contribution in [1.29, 1.82) is 0 Å². The largest absolute Gasteiger partial charge is 0.377 e. The molecule has 16 heavy (non-hydrogen) atoms. The monoisotopic (exact) mass is 228 g/mol. The molecule has 1 aliphatic rings. The van der Waals surface area contributed by atoms with E-state index in [-0.39, 0.29) is 11.0 Å². The lowest BCUT2D eigenvalue weighted by atomic mass is 9.88. The lowest BCUT2D eigenvalue weighted by molar-refractivity contribution is -0.0523. The van der Waals surface area contributed by atoms with Gasteiger partial charge < -0.3 is 15.4 Å². The Morgan fingerprint density at radius 2 is 2.12 bits per heavy atom. The van der Waals surface area contributed by atoms with E-state index in [1.807, 2.05) is 7.11 Å². The second-order valence-corrected chi connectivity index (χ2v) is 6.15. The Kier molecular flexibility index (Phi) is 4.77. The number of hydrogen-bond donors (Lipinski definition) is 1. The van der Waals surface area contributed by atoms with E-state index in [1.165, 1.54) is 25.8 Å². The van der Waals surface area contributed by atoms with E-state index in [0.29, 0.717) is 0 Å². The Balaban J connectivity index is 2.38. The van der Waals surface area contributed by atoms with Crippen LogP contribution < -0.4 is 5.73 Å². The molecule has 0 bridgehead atoms. The number of ether oxygens (including phenoxy) is 1. The molecule has 0 aromatic heterocycles. The zero-order chi connectivity index (χ0) is 12.2. The zero-order valence-corrected chi connectivity index (χ0v) is 11.4. The van der Waals surface area contributed by atoms with Crippen molar-refractivity contribution in [3.05, 3.63) is 0 Å². The van der Waals surface area contributed by atoms with Crippen LogP contribution in [-0.2, 0) is 4.74 Å². The molecule has 0 aromatic carbocycles. The van der Waals surface area contributed by atoms with Crippen LogP contribution in [0.15, 0.2) is 0 Å². The number of piperidine rings is 1. The van der Waals surface area contributed by atoms with Gasteiger partial charge in [0.15, 0.2) is 0 Å². The number of methoxy groups -OCH3 is 1. The molecule has 0 aromatic rings. The summed E-state index contributed by atoms with van der Waals surface area (Å²) in [7, 11) is 1.83. The van der Waals surface area contributed by atoms with Crippen molar-refractivity contribution >= 4 is 0 Å². The van der Waals surface area contributed by atoms with Crippen LogP contribution in [0, 0.1) is 5.41 Å². The van der Waals surface area contributed by atoms with E-state index in [9.17, 15) is 0 Å². The minimum atomic E-state index is 0.0606. The highest BCUT2D eigenvalue weighted by molar-refractivity contribution is 4.85. The van der Waals surface area contributed by atoms with Gasteiger partial charge in [-0.3, -0.25) is 0 Å². The van der Waals surface area contributed by atoms with Crippen molar-refractivity contribution in [1.82, 2.24) is 4.90 Å².